The third-order valence-corrected chi connectivity index (χ3v) is 3.91. The van der Waals surface area contributed by atoms with Gasteiger partial charge in [-0.15, -0.1) is 0 Å². The first kappa shape index (κ1) is 17.5. The highest BCUT2D eigenvalue weighted by molar-refractivity contribution is 6.37. The summed E-state index contributed by atoms with van der Waals surface area (Å²) in [6.45, 7) is 0.0332. The molecule has 0 spiro atoms. The fourth-order valence-electron chi connectivity index (χ4n) is 1.98. The Balaban J connectivity index is 1.76. The van der Waals surface area contributed by atoms with Crippen molar-refractivity contribution >= 4 is 52.4 Å². The number of para-hydroxylation sites is 1. The van der Waals surface area contributed by atoms with Crippen LogP contribution in [0.1, 0.15) is 5.82 Å². The minimum absolute atomic E-state index is 0.0332. The molecule has 3 aromatic rings. The maximum atomic E-state index is 6.07. The highest BCUT2D eigenvalue weighted by Gasteiger charge is 2.10. The number of nitrogens with zero attached hydrogens (tertiary/aromatic N) is 3. The van der Waals surface area contributed by atoms with E-state index in [-0.39, 0.29) is 12.6 Å². The Hall–Kier alpha value is -2.28. The van der Waals surface area contributed by atoms with Gasteiger partial charge in [-0.1, -0.05) is 40.9 Å². The van der Waals surface area contributed by atoms with Crippen LogP contribution in [0.15, 0.2) is 42.5 Å². The first-order valence-electron chi connectivity index (χ1n) is 7.11. The minimum Gasteiger partial charge on any atom is -0.482 e. The van der Waals surface area contributed by atoms with E-state index in [1.165, 1.54) is 0 Å². The van der Waals surface area contributed by atoms with E-state index >= 15 is 0 Å². The Kier molecular flexibility index (Phi) is 5.43. The van der Waals surface area contributed by atoms with Crippen LogP contribution in [0.3, 0.4) is 0 Å². The van der Waals surface area contributed by atoms with Gasteiger partial charge in [0.1, 0.15) is 6.61 Å². The number of anilines is 3. The van der Waals surface area contributed by atoms with Gasteiger partial charge in [-0.3, -0.25) is 0 Å². The summed E-state index contributed by atoms with van der Waals surface area (Å²) >= 11 is 18.0. The third kappa shape index (κ3) is 4.63. The first-order valence-corrected chi connectivity index (χ1v) is 8.24. The predicted molar refractivity (Wildman–Crippen MR) is 99.8 cm³/mol. The summed E-state index contributed by atoms with van der Waals surface area (Å²) in [5.41, 5.74) is 6.50. The molecule has 3 rings (SSSR count). The van der Waals surface area contributed by atoms with Gasteiger partial charge in [0.05, 0.1) is 10.0 Å². The summed E-state index contributed by atoms with van der Waals surface area (Å²) in [6, 6.07) is 12.2. The summed E-state index contributed by atoms with van der Waals surface area (Å²) in [5.74, 6) is 1.05. The van der Waals surface area contributed by atoms with Crippen molar-refractivity contribution < 1.29 is 4.74 Å². The van der Waals surface area contributed by atoms with Crippen molar-refractivity contribution in [3.8, 4) is 5.75 Å². The largest absolute Gasteiger partial charge is 0.482 e. The lowest BCUT2D eigenvalue weighted by Gasteiger charge is -2.10. The van der Waals surface area contributed by atoms with Crippen molar-refractivity contribution in [3.63, 3.8) is 0 Å². The molecule has 1 aromatic heterocycles. The molecule has 3 N–H and O–H groups in total. The SMILES string of the molecule is Nc1nc(COc2c(Cl)cccc2Cl)nc(Nc2ccc(Cl)cc2)n1. The number of nitrogen functional groups attached to an aromatic ring is 1. The number of rotatable bonds is 5. The van der Waals surface area contributed by atoms with Gasteiger partial charge >= 0.3 is 0 Å². The zero-order chi connectivity index (χ0) is 17.8. The second-order valence-electron chi connectivity index (χ2n) is 4.90. The molecule has 0 fully saturated rings. The van der Waals surface area contributed by atoms with Gasteiger partial charge in [0.2, 0.25) is 11.9 Å². The molecular formula is C16H12Cl3N5O. The third-order valence-electron chi connectivity index (χ3n) is 3.06. The molecule has 1 heterocycles. The lowest BCUT2D eigenvalue weighted by molar-refractivity contribution is 0.296. The number of hydrogen-bond donors (Lipinski definition) is 2. The number of nitrogens with one attached hydrogen (secondary N) is 1. The van der Waals surface area contributed by atoms with Crippen molar-refractivity contribution in [2.75, 3.05) is 11.1 Å². The van der Waals surface area contributed by atoms with Gasteiger partial charge in [-0.05, 0) is 36.4 Å². The van der Waals surface area contributed by atoms with Crippen LogP contribution >= 0.6 is 34.8 Å². The van der Waals surface area contributed by atoms with Crippen LogP contribution in [-0.2, 0) is 6.61 Å². The Labute approximate surface area is 158 Å². The van der Waals surface area contributed by atoms with Gasteiger partial charge in [0.15, 0.2) is 11.6 Å². The second kappa shape index (κ2) is 7.74. The van der Waals surface area contributed by atoms with Crippen LogP contribution in [0.25, 0.3) is 0 Å². The van der Waals surface area contributed by atoms with Gasteiger partial charge in [0, 0.05) is 10.7 Å². The summed E-state index contributed by atoms with van der Waals surface area (Å²) in [6.07, 6.45) is 0. The second-order valence-corrected chi connectivity index (χ2v) is 6.16. The summed E-state index contributed by atoms with van der Waals surface area (Å²) in [5, 5.41) is 4.45. The van der Waals surface area contributed by atoms with E-state index in [2.05, 4.69) is 20.3 Å². The van der Waals surface area contributed by atoms with Crippen LogP contribution in [0.2, 0.25) is 15.1 Å². The quantitative estimate of drug-likeness (QED) is 0.648. The average Bonchev–Trinajstić information content (AvgIpc) is 2.56. The van der Waals surface area contributed by atoms with E-state index < -0.39 is 0 Å². The molecule has 0 radical (unpaired) electrons. The lowest BCUT2D eigenvalue weighted by Crippen LogP contribution is -2.09. The number of aromatic nitrogens is 3. The Morgan fingerprint density at radius 3 is 2.28 bits per heavy atom. The molecule has 6 nitrogen and oxygen atoms in total. The van der Waals surface area contributed by atoms with Crippen molar-refractivity contribution in [2.45, 2.75) is 6.61 Å². The minimum atomic E-state index is 0.0332. The van der Waals surface area contributed by atoms with Gasteiger partial charge in [-0.25, -0.2) is 0 Å². The fourth-order valence-corrected chi connectivity index (χ4v) is 2.61. The summed E-state index contributed by atoms with van der Waals surface area (Å²) in [4.78, 5) is 12.4. The number of hydrogen-bond acceptors (Lipinski definition) is 6. The normalized spacial score (nSPS) is 10.5. The van der Waals surface area contributed by atoms with Gasteiger partial charge < -0.3 is 15.8 Å². The van der Waals surface area contributed by atoms with Crippen molar-refractivity contribution in [1.82, 2.24) is 15.0 Å². The van der Waals surface area contributed by atoms with Gasteiger partial charge in [-0.2, -0.15) is 15.0 Å². The van der Waals surface area contributed by atoms with Crippen molar-refractivity contribution in [3.05, 3.63) is 63.4 Å². The highest BCUT2D eigenvalue weighted by Crippen LogP contribution is 2.32. The number of benzene rings is 2. The van der Waals surface area contributed by atoms with Gasteiger partial charge in [0.25, 0.3) is 0 Å². The summed E-state index contributed by atoms with van der Waals surface area (Å²) in [7, 11) is 0. The molecule has 128 valence electrons. The smallest absolute Gasteiger partial charge is 0.232 e. The van der Waals surface area contributed by atoms with E-state index in [9.17, 15) is 0 Å². The topological polar surface area (TPSA) is 86.0 Å². The molecule has 0 saturated carbocycles. The van der Waals surface area contributed by atoms with E-state index in [1.807, 2.05) is 0 Å². The lowest BCUT2D eigenvalue weighted by atomic mass is 10.3. The maximum Gasteiger partial charge on any atom is 0.232 e. The van der Waals surface area contributed by atoms with Crippen LogP contribution in [0, 0.1) is 0 Å². The molecule has 0 aliphatic rings. The summed E-state index contributed by atoms with van der Waals surface area (Å²) < 4.78 is 5.61. The molecule has 0 saturated heterocycles. The monoisotopic (exact) mass is 395 g/mol. The fraction of sp³-hybridized carbons (Fsp3) is 0.0625. The molecular weight excluding hydrogens is 385 g/mol. The van der Waals surface area contributed by atoms with E-state index in [0.717, 1.165) is 5.69 Å². The molecule has 2 aromatic carbocycles. The maximum absolute atomic E-state index is 6.07. The Morgan fingerprint density at radius 2 is 1.60 bits per heavy atom. The molecule has 0 bridgehead atoms. The molecule has 0 unspecified atom stereocenters. The molecule has 0 amide bonds. The van der Waals surface area contributed by atoms with Crippen LogP contribution in [0.5, 0.6) is 5.75 Å². The molecule has 25 heavy (non-hydrogen) atoms. The van der Waals surface area contributed by atoms with E-state index in [1.54, 1.807) is 42.5 Å². The number of ether oxygens (including phenoxy) is 1. The van der Waals surface area contributed by atoms with E-state index in [4.69, 9.17) is 45.3 Å². The molecule has 9 heteroatoms. The zero-order valence-electron chi connectivity index (χ0n) is 12.7. The van der Waals surface area contributed by atoms with E-state index in [0.29, 0.717) is 32.6 Å². The van der Waals surface area contributed by atoms with Crippen molar-refractivity contribution in [1.29, 1.82) is 0 Å². The Morgan fingerprint density at radius 1 is 0.920 bits per heavy atom. The standard InChI is InChI=1S/C16H12Cl3N5O/c17-9-4-6-10(7-5-9)21-16-23-13(22-15(20)24-16)8-25-14-11(18)2-1-3-12(14)19/h1-7H,8H2,(H3,20,21,22,23,24). The first-order chi connectivity index (χ1) is 12.0. The number of nitrogens with two attached hydrogens (primary N) is 1. The van der Waals surface area contributed by atoms with Crippen LogP contribution in [0.4, 0.5) is 17.6 Å². The molecule has 0 aliphatic heterocycles. The predicted octanol–water partition coefficient (Wildman–Crippen LogP) is 4.74. The highest BCUT2D eigenvalue weighted by atomic mass is 35.5. The van der Waals surface area contributed by atoms with Crippen LogP contribution in [-0.4, -0.2) is 15.0 Å². The van der Waals surface area contributed by atoms with Crippen LogP contribution < -0.4 is 15.8 Å². The Bertz CT molecular complexity index is 869. The molecule has 0 aliphatic carbocycles. The molecule has 0 atom stereocenters. The number of halogens is 3. The average molecular weight is 397 g/mol. The zero-order valence-corrected chi connectivity index (χ0v) is 15.0. The van der Waals surface area contributed by atoms with Crippen molar-refractivity contribution in [2.24, 2.45) is 0 Å².